The van der Waals surface area contributed by atoms with Crippen LogP contribution >= 0.6 is 0 Å². The number of hydrogen-bond acceptors (Lipinski definition) is 3. The van der Waals surface area contributed by atoms with Crippen LogP contribution in [0.3, 0.4) is 0 Å². The molecular weight excluding hydrogens is 318 g/mol. The first-order valence-corrected chi connectivity index (χ1v) is 7.41. The summed E-state index contributed by atoms with van der Waals surface area (Å²) in [4.78, 5) is 24.5. The molecule has 1 aromatic heterocycles. The third-order valence-corrected chi connectivity index (χ3v) is 4.19. The van der Waals surface area contributed by atoms with Gasteiger partial charge in [-0.25, -0.2) is 8.78 Å². The molecule has 1 aromatic carbocycles. The standard InChI is InChI=1S/C16H16F2N4O2/c1-8-6-12(21-22(8)2)9-7-19-15(23)13(9)16(24)20-11-5-3-4-10(17)14(11)18/h3-6,9,13H,7H2,1-2H3,(H,19,23)(H,20,24)/t9-,13-/m1/s1. The van der Waals surface area contributed by atoms with Crippen LogP contribution in [0, 0.1) is 24.5 Å². The van der Waals surface area contributed by atoms with E-state index in [1.165, 1.54) is 12.1 Å². The Morgan fingerprint density at radius 1 is 1.42 bits per heavy atom. The van der Waals surface area contributed by atoms with E-state index in [9.17, 15) is 18.4 Å². The van der Waals surface area contributed by atoms with Crippen LogP contribution in [-0.2, 0) is 16.6 Å². The Labute approximate surface area is 136 Å². The third-order valence-electron chi connectivity index (χ3n) is 4.19. The summed E-state index contributed by atoms with van der Waals surface area (Å²) in [7, 11) is 1.76. The van der Waals surface area contributed by atoms with E-state index in [1.54, 1.807) is 17.8 Å². The van der Waals surface area contributed by atoms with Gasteiger partial charge in [0.05, 0.1) is 11.4 Å². The number of hydrogen-bond donors (Lipinski definition) is 2. The van der Waals surface area contributed by atoms with Gasteiger partial charge in [-0.1, -0.05) is 6.07 Å². The molecule has 2 amide bonds. The molecular formula is C16H16F2N4O2. The van der Waals surface area contributed by atoms with Gasteiger partial charge in [0.25, 0.3) is 0 Å². The minimum Gasteiger partial charge on any atom is -0.355 e. The fraction of sp³-hybridized carbons (Fsp3) is 0.312. The van der Waals surface area contributed by atoms with E-state index in [0.29, 0.717) is 5.69 Å². The number of carbonyl (C=O) groups excluding carboxylic acids is 2. The molecule has 0 aliphatic carbocycles. The van der Waals surface area contributed by atoms with Crippen LogP contribution in [0.25, 0.3) is 0 Å². The number of halogens is 2. The van der Waals surface area contributed by atoms with Crippen molar-refractivity contribution in [3.8, 4) is 0 Å². The maximum atomic E-state index is 13.7. The van der Waals surface area contributed by atoms with Crippen molar-refractivity contribution in [2.45, 2.75) is 12.8 Å². The van der Waals surface area contributed by atoms with Crippen LogP contribution in [0.4, 0.5) is 14.5 Å². The molecule has 1 aliphatic rings. The Morgan fingerprint density at radius 3 is 2.83 bits per heavy atom. The quantitative estimate of drug-likeness (QED) is 0.835. The first kappa shape index (κ1) is 16.1. The molecule has 2 N–H and O–H groups in total. The van der Waals surface area contributed by atoms with Crippen LogP contribution in [-0.4, -0.2) is 28.1 Å². The number of aromatic nitrogens is 2. The molecule has 2 aromatic rings. The minimum absolute atomic E-state index is 0.263. The number of rotatable bonds is 3. The summed E-state index contributed by atoms with van der Waals surface area (Å²) >= 11 is 0. The molecule has 8 heteroatoms. The molecule has 0 spiro atoms. The Bertz CT molecular complexity index is 799. The second kappa shape index (κ2) is 6.03. The molecule has 2 heterocycles. The van der Waals surface area contributed by atoms with E-state index in [0.717, 1.165) is 11.8 Å². The average Bonchev–Trinajstić information content (AvgIpc) is 3.07. The lowest BCUT2D eigenvalue weighted by Crippen LogP contribution is -2.32. The Balaban J connectivity index is 1.86. The van der Waals surface area contributed by atoms with Crippen molar-refractivity contribution in [2.24, 2.45) is 13.0 Å². The van der Waals surface area contributed by atoms with Gasteiger partial charge in [-0.15, -0.1) is 0 Å². The normalized spacial score (nSPS) is 20.1. The van der Waals surface area contributed by atoms with Gasteiger partial charge in [0.2, 0.25) is 11.8 Å². The van der Waals surface area contributed by atoms with Crippen molar-refractivity contribution in [3.63, 3.8) is 0 Å². The van der Waals surface area contributed by atoms with Crippen LogP contribution < -0.4 is 10.6 Å². The highest BCUT2D eigenvalue weighted by molar-refractivity contribution is 6.08. The maximum absolute atomic E-state index is 13.7. The van der Waals surface area contributed by atoms with Crippen molar-refractivity contribution in [1.82, 2.24) is 15.1 Å². The smallest absolute Gasteiger partial charge is 0.237 e. The van der Waals surface area contributed by atoms with Gasteiger partial charge in [0, 0.05) is 25.2 Å². The molecule has 1 saturated heterocycles. The molecule has 0 saturated carbocycles. The lowest BCUT2D eigenvalue weighted by molar-refractivity contribution is -0.130. The predicted octanol–water partition coefficient (Wildman–Crippen LogP) is 1.48. The second-order valence-corrected chi connectivity index (χ2v) is 5.75. The number of anilines is 1. The highest BCUT2D eigenvalue weighted by Crippen LogP contribution is 2.30. The van der Waals surface area contributed by atoms with Crippen molar-refractivity contribution >= 4 is 17.5 Å². The lowest BCUT2D eigenvalue weighted by atomic mass is 9.91. The predicted molar refractivity (Wildman–Crippen MR) is 82.2 cm³/mol. The summed E-state index contributed by atoms with van der Waals surface area (Å²) in [6.45, 7) is 2.12. The summed E-state index contributed by atoms with van der Waals surface area (Å²) < 4.78 is 28.6. The highest BCUT2D eigenvalue weighted by Gasteiger charge is 2.42. The fourth-order valence-corrected chi connectivity index (χ4v) is 2.78. The van der Waals surface area contributed by atoms with Gasteiger partial charge in [-0.05, 0) is 25.1 Å². The van der Waals surface area contributed by atoms with Crippen LogP contribution in [0.5, 0.6) is 0 Å². The largest absolute Gasteiger partial charge is 0.355 e. The van der Waals surface area contributed by atoms with E-state index >= 15 is 0 Å². The highest BCUT2D eigenvalue weighted by atomic mass is 19.2. The zero-order chi connectivity index (χ0) is 17.4. The Morgan fingerprint density at radius 2 is 2.17 bits per heavy atom. The Kier molecular flexibility index (Phi) is 4.04. The number of carbonyl (C=O) groups is 2. The van der Waals surface area contributed by atoms with E-state index < -0.39 is 35.3 Å². The first-order valence-electron chi connectivity index (χ1n) is 7.41. The van der Waals surface area contributed by atoms with Gasteiger partial charge in [0.15, 0.2) is 11.6 Å². The van der Waals surface area contributed by atoms with Gasteiger partial charge in [-0.3, -0.25) is 14.3 Å². The zero-order valence-electron chi connectivity index (χ0n) is 13.1. The minimum atomic E-state index is -1.16. The second-order valence-electron chi connectivity index (χ2n) is 5.75. The fourth-order valence-electron chi connectivity index (χ4n) is 2.78. The van der Waals surface area contributed by atoms with E-state index in [1.807, 2.05) is 6.92 Å². The topological polar surface area (TPSA) is 76.0 Å². The zero-order valence-corrected chi connectivity index (χ0v) is 13.1. The van der Waals surface area contributed by atoms with Crippen LogP contribution in [0.15, 0.2) is 24.3 Å². The summed E-state index contributed by atoms with van der Waals surface area (Å²) in [5.41, 5.74) is 1.20. The number of benzene rings is 1. The van der Waals surface area contributed by atoms with Crippen LogP contribution in [0.1, 0.15) is 17.3 Å². The molecule has 6 nitrogen and oxygen atoms in total. The monoisotopic (exact) mass is 334 g/mol. The molecule has 0 radical (unpaired) electrons. The van der Waals surface area contributed by atoms with Gasteiger partial charge in [0.1, 0.15) is 5.92 Å². The molecule has 0 unspecified atom stereocenters. The molecule has 3 rings (SSSR count). The van der Waals surface area contributed by atoms with Crippen molar-refractivity contribution in [1.29, 1.82) is 0 Å². The summed E-state index contributed by atoms with van der Waals surface area (Å²) in [6.07, 6.45) is 0. The Hall–Kier alpha value is -2.77. The molecule has 1 fully saturated rings. The number of nitrogens with one attached hydrogen (secondary N) is 2. The van der Waals surface area contributed by atoms with Gasteiger partial charge in [-0.2, -0.15) is 5.10 Å². The number of aryl methyl sites for hydroxylation is 2. The maximum Gasteiger partial charge on any atom is 0.237 e. The third kappa shape index (κ3) is 2.75. The summed E-state index contributed by atoms with van der Waals surface area (Å²) in [6, 6.07) is 5.27. The van der Waals surface area contributed by atoms with Gasteiger partial charge < -0.3 is 10.6 Å². The summed E-state index contributed by atoms with van der Waals surface area (Å²) in [5.74, 6) is -4.90. The molecule has 126 valence electrons. The van der Waals surface area contributed by atoms with E-state index in [2.05, 4.69) is 15.7 Å². The first-order chi connectivity index (χ1) is 11.4. The SMILES string of the molecule is Cc1cc([C@H]2CNC(=O)[C@@H]2C(=O)Nc2cccc(F)c2F)nn1C. The lowest BCUT2D eigenvalue weighted by Gasteiger charge is -2.15. The van der Waals surface area contributed by atoms with Crippen LogP contribution in [0.2, 0.25) is 0 Å². The molecule has 24 heavy (non-hydrogen) atoms. The van der Waals surface area contributed by atoms with E-state index in [-0.39, 0.29) is 12.2 Å². The number of amides is 2. The van der Waals surface area contributed by atoms with Crippen molar-refractivity contribution < 1.29 is 18.4 Å². The average molecular weight is 334 g/mol. The molecule has 1 aliphatic heterocycles. The van der Waals surface area contributed by atoms with E-state index in [4.69, 9.17) is 0 Å². The van der Waals surface area contributed by atoms with Gasteiger partial charge >= 0.3 is 0 Å². The summed E-state index contributed by atoms with van der Waals surface area (Å²) in [5, 5.41) is 9.23. The van der Waals surface area contributed by atoms with Crippen molar-refractivity contribution in [2.75, 3.05) is 11.9 Å². The molecule has 0 bridgehead atoms. The number of nitrogens with zero attached hydrogens (tertiary/aromatic N) is 2. The van der Waals surface area contributed by atoms with Crippen molar-refractivity contribution in [3.05, 3.63) is 47.3 Å². The molecule has 2 atom stereocenters.